The van der Waals surface area contributed by atoms with Gasteiger partial charge >= 0.3 is 0 Å². The van der Waals surface area contributed by atoms with E-state index in [2.05, 4.69) is 36.3 Å². The molecule has 19 heavy (non-hydrogen) atoms. The monoisotopic (exact) mass is 327 g/mol. The molecule has 0 unspecified atom stereocenters. The molecule has 0 saturated carbocycles. The van der Waals surface area contributed by atoms with E-state index in [9.17, 15) is 0 Å². The van der Waals surface area contributed by atoms with Crippen LogP contribution in [0.1, 0.15) is 25.7 Å². The molecule has 2 rings (SSSR count). The lowest BCUT2D eigenvalue weighted by Gasteiger charge is -2.06. The number of nitrogens with zero attached hydrogens (tertiary/aromatic N) is 4. The quantitative estimate of drug-likeness (QED) is 0.761. The van der Waals surface area contributed by atoms with E-state index in [4.69, 9.17) is 5.11 Å². The molecule has 0 radical (unpaired) electrons. The van der Waals surface area contributed by atoms with E-state index >= 15 is 0 Å². The van der Waals surface area contributed by atoms with E-state index in [1.807, 2.05) is 7.05 Å². The smallest absolute Gasteiger partial charge is 0.164 e. The van der Waals surface area contributed by atoms with E-state index < -0.39 is 0 Å². The average molecular weight is 328 g/mol. The summed E-state index contributed by atoms with van der Waals surface area (Å²) in [7, 11) is 1.86. The summed E-state index contributed by atoms with van der Waals surface area (Å²) in [6.07, 6.45) is 5.66. The SMILES string of the molecule is Cn1nc(Br)c2c(NCCCCCCO)ncnc21. The van der Waals surface area contributed by atoms with Gasteiger partial charge in [-0.15, -0.1) is 0 Å². The first kappa shape index (κ1) is 14.2. The van der Waals surface area contributed by atoms with Gasteiger partial charge in [0.15, 0.2) is 5.65 Å². The normalized spacial score (nSPS) is 11.1. The van der Waals surface area contributed by atoms with Gasteiger partial charge in [0, 0.05) is 20.2 Å². The van der Waals surface area contributed by atoms with Crippen LogP contribution < -0.4 is 5.32 Å². The summed E-state index contributed by atoms with van der Waals surface area (Å²) >= 11 is 3.43. The van der Waals surface area contributed by atoms with Crippen LogP contribution in [-0.2, 0) is 7.05 Å². The van der Waals surface area contributed by atoms with Crippen molar-refractivity contribution in [1.29, 1.82) is 0 Å². The molecule has 0 saturated heterocycles. The van der Waals surface area contributed by atoms with Crippen molar-refractivity contribution in [3.8, 4) is 0 Å². The Morgan fingerprint density at radius 2 is 2.05 bits per heavy atom. The Kier molecular flexibility index (Phi) is 5.09. The molecule has 2 N–H and O–H groups in total. The summed E-state index contributed by atoms with van der Waals surface area (Å²) in [6, 6.07) is 0. The van der Waals surface area contributed by atoms with Crippen LogP contribution in [0.3, 0.4) is 0 Å². The first-order chi connectivity index (χ1) is 9.24. The van der Waals surface area contributed by atoms with Crippen LogP contribution in [0.15, 0.2) is 10.9 Å². The van der Waals surface area contributed by atoms with Gasteiger partial charge in [-0.1, -0.05) is 12.8 Å². The van der Waals surface area contributed by atoms with Gasteiger partial charge in [0.25, 0.3) is 0 Å². The number of unbranched alkanes of at least 4 members (excludes halogenated alkanes) is 3. The van der Waals surface area contributed by atoms with Gasteiger partial charge in [0.2, 0.25) is 0 Å². The Balaban J connectivity index is 1.97. The standard InChI is InChI=1S/C12H18BrN5O/c1-18-12-9(10(13)17-18)11(15-8-16-12)14-6-4-2-3-5-7-19/h8,19H,2-7H2,1H3,(H,14,15,16). The Morgan fingerprint density at radius 1 is 1.26 bits per heavy atom. The van der Waals surface area contributed by atoms with Crippen LogP contribution >= 0.6 is 15.9 Å². The number of nitrogens with one attached hydrogen (secondary N) is 1. The van der Waals surface area contributed by atoms with E-state index in [1.165, 1.54) is 0 Å². The molecule has 2 aromatic rings. The molecule has 0 spiro atoms. The lowest BCUT2D eigenvalue weighted by atomic mass is 10.2. The van der Waals surface area contributed by atoms with Gasteiger partial charge in [0.1, 0.15) is 16.7 Å². The van der Waals surface area contributed by atoms with Gasteiger partial charge in [0.05, 0.1) is 5.39 Å². The van der Waals surface area contributed by atoms with Gasteiger partial charge in [-0.25, -0.2) is 14.6 Å². The molecule has 2 heterocycles. The lowest BCUT2D eigenvalue weighted by molar-refractivity contribution is 0.283. The molecule has 0 bridgehead atoms. The van der Waals surface area contributed by atoms with Crippen molar-refractivity contribution in [2.24, 2.45) is 7.05 Å². The van der Waals surface area contributed by atoms with Crippen LogP contribution in [0.25, 0.3) is 11.0 Å². The summed E-state index contributed by atoms with van der Waals surface area (Å²) < 4.78 is 2.49. The maximum atomic E-state index is 8.70. The third-order valence-corrected chi connectivity index (χ3v) is 3.51. The fourth-order valence-corrected chi connectivity index (χ4v) is 2.57. The van der Waals surface area contributed by atoms with Crippen molar-refractivity contribution in [3.63, 3.8) is 0 Å². The van der Waals surface area contributed by atoms with Crippen LogP contribution in [-0.4, -0.2) is 38.0 Å². The molecule has 0 aliphatic heterocycles. The van der Waals surface area contributed by atoms with Gasteiger partial charge < -0.3 is 10.4 Å². The minimum absolute atomic E-state index is 0.280. The number of aromatic nitrogens is 4. The minimum Gasteiger partial charge on any atom is -0.396 e. The third kappa shape index (κ3) is 3.42. The molecule has 0 fully saturated rings. The van der Waals surface area contributed by atoms with E-state index in [-0.39, 0.29) is 6.61 Å². The Morgan fingerprint density at radius 3 is 2.84 bits per heavy atom. The number of anilines is 1. The van der Waals surface area contributed by atoms with Crippen molar-refractivity contribution in [1.82, 2.24) is 19.7 Å². The van der Waals surface area contributed by atoms with E-state index in [0.29, 0.717) is 0 Å². The van der Waals surface area contributed by atoms with E-state index in [1.54, 1.807) is 11.0 Å². The molecule has 2 aromatic heterocycles. The summed E-state index contributed by atoms with van der Waals surface area (Å²) in [6.45, 7) is 1.14. The van der Waals surface area contributed by atoms with Crippen molar-refractivity contribution < 1.29 is 5.11 Å². The molecular weight excluding hydrogens is 310 g/mol. The second-order valence-electron chi connectivity index (χ2n) is 4.40. The Hall–Kier alpha value is -1.21. The highest BCUT2D eigenvalue weighted by molar-refractivity contribution is 9.10. The number of aliphatic hydroxyl groups excluding tert-OH is 1. The number of rotatable bonds is 7. The van der Waals surface area contributed by atoms with Crippen LogP contribution in [0, 0.1) is 0 Å². The van der Waals surface area contributed by atoms with Gasteiger partial charge in [-0.3, -0.25) is 0 Å². The largest absolute Gasteiger partial charge is 0.396 e. The zero-order valence-corrected chi connectivity index (χ0v) is 12.5. The summed E-state index contributed by atoms with van der Waals surface area (Å²) in [5.74, 6) is 0.812. The molecule has 0 aromatic carbocycles. The number of aliphatic hydroxyl groups is 1. The summed E-state index contributed by atoms with van der Waals surface area (Å²) in [4.78, 5) is 8.49. The predicted molar refractivity (Wildman–Crippen MR) is 78.0 cm³/mol. The van der Waals surface area contributed by atoms with Crippen molar-refractivity contribution in [3.05, 3.63) is 10.9 Å². The maximum absolute atomic E-state index is 8.70. The van der Waals surface area contributed by atoms with Crippen LogP contribution in [0.5, 0.6) is 0 Å². The Labute approximate surface area is 120 Å². The lowest BCUT2D eigenvalue weighted by Crippen LogP contribution is -2.04. The van der Waals surface area contributed by atoms with Crippen LogP contribution in [0.4, 0.5) is 5.82 Å². The molecule has 6 nitrogen and oxygen atoms in total. The number of aryl methyl sites for hydroxylation is 1. The van der Waals surface area contributed by atoms with Crippen molar-refractivity contribution >= 4 is 32.8 Å². The highest BCUT2D eigenvalue weighted by Crippen LogP contribution is 2.26. The van der Waals surface area contributed by atoms with Crippen molar-refractivity contribution in [2.75, 3.05) is 18.5 Å². The van der Waals surface area contributed by atoms with Gasteiger partial charge in [-0.05, 0) is 28.8 Å². The predicted octanol–water partition coefficient (Wildman–Crippen LogP) is 2.09. The number of halogens is 1. The molecule has 0 atom stereocenters. The summed E-state index contributed by atoms with van der Waals surface area (Å²) in [5.41, 5.74) is 0.810. The highest BCUT2D eigenvalue weighted by Gasteiger charge is 2.12. The topological polar surface area (TPSA) is 75.9 Å². The first-order valence-corrected chi connectivity index (χ1v) is 7.21. The highest BCUT2D eigenvalue weighted by atomic mass is 79.9. The minimum atomic E-state index is 0.280. The first-order valence-electron chi connectivity index (χ1n) is 6.42. The second kappa shape index (κ2) is 6.81. The van der Waals surface area contributed by atoms with Gasteiger partial charge in [-0.2, -0.15) is 5.10 Å². The fraction of sp³-hybridized carbons (Fsp3) is 0.583. The zero-order chi connectivity index (χ0) is 13.7. The zero-order valence-electron chi connectivity index (χ0n) is 10.9. The fourth-order valence-electron chi connectivity index (χ4n) is 1.97. The average Bonchev–Trinajstić information content (AvgIpc) is 2.70. The van der Waals surface area contributed by atoms with E-state index in [0.717, 1.165) is 53.7 Å². The molecule has 0 aliphatic carbocycles. The molecule has 0 aliphatic rings. The molecule has 0 amide bonds. The number of hydrogen-bond donors (Lipinski definition) is 2. The number of fused-ring (bicyclic) bond motifs is 1. The third-order valence-electron chi connectivity index (χ3n) is 2.96. The number of hydrogen-bond acceptors (Lipinski definition) is 5. The summed E-state index contributed by atoms with van der Waals surface area (Å²) in [5, 5.41) is 17.2. The van der Waals surface area contributed by atoms with Crippen molar-refractivity contribution in [2.45, 2.75) is 25.7 Å². The molecule has 104 valence electrons. The second-order valence-corrected chi connectivity index (χ2v) is 5.15. The molecule has 7 heteroatoms. The van der Waals surface area contributed by atoms with Crippen LogP contribution in [0.2, 0.25) is 0 Å². The maximum Gasteiger partial charge on any atom is 0.164 e. The Bertz CT molecular complexity index is 542. The molecular formula is C12H18BrN5O.